The molecule has 0 saturated carbocycles. The number of nitrogens with zero attached hydrogens (tertiary/aromatic N) is 4. The molecule has 0 aliphatic carbocycles. The number of rotatable bonds is 8. The minimum absolute atomic E-state index is 0.250. The monoisotopic (exact) mass is 548 g/mol. The topological polar surface area (TPSA) is 110 Å². The molecular weight excluding hydrogens is 528 g/mol. The zero-order valence-electron chi connectivity index (χ0n) is 20.5. The molecule has 0 bridgehead atoms. The molecule has 2 aromatic carbocycles. The second-order valence-electron chi connectivity index (χ2n) is 8.06. The second-order valence-corrected chi connectivity index (χ2v) is 9.84. The maximum atomic E-state index is 11.7. The number of imidazole rings is 1. The smallest absolute Gasteiger partial charge is 0.337 e. The Morgan fingerprint density at radius 1 is 1.08 bits per heavy atom. The molecule has 0 aliphatic rings. The number of benzene rings is 2. The van der Waals surface area contributed by atoms with Crippen molar-refractivity contribution in [2.24, 2.45) is 0 Å². The summed E-state index contributed by atoms with van der Waals surface area (Å²) < 4.78 is 29.5. The van der Waals surface area contributed by atoms with E-state index in [1.165, 1.54) is 29.8 Å². The lowest BCUT2D eigenvalue weighted by Gasteiger charge is -2.08. The summed E-state index contributed by atoms with van der Waals surface area (Å²) >= 11 is 2.84. The highest BCUT2D eigenvalue weighted by molar-refractivity contribution is 7.18. The number of thiazole rings is 1. The van der Waals surface area contributed by atoms with Gasteiger partial charge >= 0.3 is 5.97 Å². The van der Waals surface area contributed by atoms with E-state index in [9.17, 15) is 4.79 Å². The highest BCUT2D eigenvalue weighted by atomic mass is 32.1. The molecule has 38 heavy (non-hydrogen) atoms. The molecule has 10 nitrogen and oxygen atoms in total. The molecule has 0 amide bonds. The Morgan fingerprint density at radius 3 is 2.68 bits per heavy atom. The lowest BCUT2D eigenvalue weighted by molar-refractivity contribution is 0.0600. The van der Waals surface area contributed by atoms with Crippen LogP contribution in [-0.4, -0.2) is 46.9 Å². The fourth-order valence-corrected chi connectivity index (χ4v) is 5.40. The first-order valence-corrected chi connectivity index (χ1v) is 13.0. The van der Waals surface area contributed by atoms with E-state index < -0.39 is 0 Å². The quantitative estimate of drug-likeness (QED) is 0.221. The summed E-state index contributed by atoms with van der Waals surface area (Å²) in [6, 6.07) is 12.7. The highest BCUT2D eigenvalue weighted by Crippen LogP contribution is 2.38. The SMILES string of the molecule is COC(=O)c1ccc(-c2nc(COc3cc(OC)cc4oc(-c5cnc6sc(OC)nn56)cc34)cs2)cc1. The third kappa shape index (κ3) is 4.33. The van der Waals surface area contributed by atoms with Crippen LogP contribution < -0.4 is 14.2 Å². The molecule has 0 unspecified atom stereocenters. The molecule has 6 aromatic rings. The van der Waals surface area contributed by atoms with Crippen molar-refractivity contribution in [3.8, 4) is 38.7 Å². The Balaban J connectivity index is 1.26. The summed E-state index contributed by atoms with van der Waals surface area (Å²) in [6.45, 7) is 0.250. The van der Waals surface area contributed by atoms with Gasteiger partial charge in [0.05, 0.1) is 44.2 Å². The Labute approximate surface area is 224 Å². The Hall–Kier alpha value is -4.42. The number of ether oxygens (including phenoxy) is 4. The molecule has 12 heteroatoms. The van der Waals surface area contributed by atoms with Gasteiger partial charge in [-0.05, 0) is 29.5 Å². The Kier molecular flexibility index (Phi) is 6.18. The predicted octanol–water partition coefficient (Wildman–Crippen LogP) is 5.71. The first kappa shape index (κ1) is 23.9. The molecule has 192 valence electrons. The van der Waals surface area contributed by atoms with E-state index in [1.54, 1.807) is 37.1 Å². The van der Waals surface area contributed by atoms with E-state index in [1.807, 2.05) is 35.7 Å². The molecule has 6 rings (SSSR count). The van der Waals surface area contributed by atoms with Crippen LogP contribution in [-0.2, 0) is 11.3 Å². The summed E-state index contributed by atoms with van der Waals surface area (Å²) in [4.78, 5) is 21.5. The number of carbonyl (C=O) groups excluding carboxylic acids is 1. The van der Waals surface area contributed by atoms with Crippen molar-refractivity contribution < 1.29 is 28.2 Å². The van der Waals surface area contributed by atoms with Crippen LogP contribution in [0.2, 0.25) is 0 Å². The lowest BCUT2D eigenvalue weighted by Crippen LogP contribution is -2.00. The average molecular weight is 549 g/mol. The molecule has 0 fully saturated rings. The van der Waals surface area contributed by atoms with Gasteiger partial charge in [0, 0.05) is 23.1 Å². The zero-order valence-corrected chi connectivity index (χ0v) is 22.1. The largest absolute Gasteiger partial charge is 0.496 e. The second kappa shape index (κ2) is 9.80. The molecule has 0 N–H and O–H groups in total. The van der Waals surface area contributed by atoms with Gasteiger partial charge < -0.3 is 23.4 Å². The minimum atomic E-state index is -0.374. The van der Waals surface area contributed by atoms with Crippen molar-refractivity contribution in [2.45, 2.75) is 6.61 Å². The van der Waals surface area contributed by atoms with Crippen LogP contribution in [0.5, 0.6) is 16.7 Å². The summed E-state index contributed by atoms with van der Waals surface area (Å²) in [5.74, 6) is 1.42. The average Bonchev–Trinajstić information content (AvgIpc) is 3.74. The summed E-state index contributed by atoms with van der Waals surface area (Å²) in [5, 5.41) is 8.48. The van der Waals surface area contributed by atoms with E-state index in [-0.39, 0.29) is 12.6 Å². The number of methoxy groups -OCH3 is 3. The Morgan fingerprint density at radius 2 is 1.92 bits per heavy atom. The number of hydrogen-bond donors (Lipinski definition) is 0. The number of esters is 1. The van der Waals surface area contributed by atoms with Gasteiger partial charge in [-0.3, -0.25) is 0 Å². The minimum Gasteiger partial charge on any atom is -0.496 e. The van der Waals surface area contributed by atoms with E-state index in [2.05, 4.69) is 10.1 Å². The lowest BCUT2D eigenvalue weighted by atomic mass is 10.1. The predicted molar refractivity (Wildman–Crippen MR) is 142 cm³/mol. The van der Waals surface area contributed by atoms with E-state index in [0.717, 1.165) is 21.7 Å². The van der Waals surface area contributed by atoms with Gasteiger partial charge in [0.2, 0.25) is 4.96 Å². The van der Waals surface area contributed by atoms with Crippen LogP contribution in [0.25, 0.3) is 38.0 Å². The van der Waals surface area contributed by atoms with Gasteiger partial charge in [-0.25, -0.2) is 14.8 Å². The van der Waals surface area contributed by atoms with Crippen molar-refractivity contribution in [1.29, 1.82) is 0 Å². The van der Waals surface area contributed by atoms with Crippen LogP contribution in [0.1, 0.15) is 16.1 Å². The molecular formula is C26H20N4O6S2. The highest BCUT2D eigenvalue weighted by Gasteiger charge is 2.19. The van der Waals surface area contributed by atoms with Crippen LogP contribution in [0.15, 0.2) is 58.5 Å². The first-order chi connectivity index (χ1) is 18.6. The number of aromatic nitrogens is 4. The van der Waals surface area contributed by atoms with Gasteiger partial charge in [-0.2, -0.15) is 4.52 Å². The van der Waals surface area contributed by atoms with Crippen molar-refractivity contribution in [2.75, 3.05) is 21.3 Å². The Bertz CT molecular complexity index is 1770. The van der Waals surface area contributed by atoms with Gasteiger partial charge in [0.15, 0.2) is 5.76 Å². The molecule has 4 aromatic heterocycles. The third-order valence-electron chi connectivity index (χ3n) is 5.78. The van der Waals surface area contributed by atoms with Crippen molar-refractivity contribution in [3.63, 3.8) is 0 Å². The van der Waals surface area contributed by atoms with Crippen molar-refractivity contribution in [3.05, 3.63) is 65.3 Å². The molecule has 0 atom stereocenters. The first-order valence-electron chi connectivity index (χ1n) is 11.3. The van der Waals surface area contributed by atoms with Crippen molar-refractivity contribution >= 4 is 44.6 Å². The molecule has 0 aliphatic heterocycles. The van der Waals surface area contributed by atoms with Gasteiger partial charge in [0.1, 0.15) is 34.4 Å². The van der Waals surface area contributed by atoms with E-state index in [0.29, 0.717) is 44.3 Å². The van der Waals surface area contributed by atoms with Gasteiger partial charge in [0.25, 0.3) is 5.19 Å². The van der Waals surface area contributed by atoms with Crippen LogP contribution >= 0.6 is 22.7 Å². The number of carbonyl (C=O) groups is 1. The standard InChI is InChI=1S/C26H20N4O6S2/c1-32-17-8-20(35-12-16-13-37-23(28-16)14-4-6-15(7-5-14)24(31)33-2)18-10-22(36-21(18)9-17)19-11-27-25-30(19)29-26(34-3)38-25/h4-11,13H,12H2,1-3H3. The summed E-state index contributed by atoms with van der Waals surface area (Å²) in [5.41, 5.74) is 3.47. The number of furan rings is 1. The van der Waals surface area contributed by atoms with Crippen molar-refractivity contribution in [1.82, 2.24) is 19.6 Å². The van der Waals surface area contributed by atoms with Crippen LogP contribution in [0.4, 0.5) is 0 Å². The third-order valence-corrected chi connectivity index (χ3v) is 7.61. The van der Waals surface area contributed by atoms with E-state index >= 15 is 0 Å². The van der Waals surface area contributed by atoms with E-state index in [4.69, 9.17) is 28.3 Å². The van der Waals surface area contributed by atoms with Crippen LogP contribution in [0.3, 0.4) is 0 Å². The van der Waals surface area contributed by atoms with Gasteiger partial charge in [-0.15, -0.1) is 16.4 Å². The maximum Gasteiger partial charge on any atom is 0.337 e. The number of hydrogen-bond acceptors (Lipinski definition) is 11. The van der Waals surface area contributed by atoms with Crippen LogP contribution in [0, 0.1) is 0 Å². The molecule has 0 saturated heterocycles. The van der Waals surface area contributed by atoms with Gasteiger partial charge in [-0.1, -0.05) is 12.1 Å². The fourth-order valence-electron chi connectivity index (χ4n) is 3.90. The summed E-state index contributed by atoms with van der Waals surface area (Å²) in [7, 11) is 4.52. The molecule has 4 heterocycles. The number of fused-ring (bicyclic) bond motifs is 2. The normalized spacial score (nSPS) is 11.2. The summed E-state index contributed by atoms with van der Waals surface area (Å²) in [6.07, 6.45) is 1.71. The fraction of sp³-hybridized carbons (Fsp3) is 0.154. The molecule has 0 radical (unpaired) electrons. The zero-order chi connectivity index (χ0) is 26.2. The maximum absolute atomic E-state index is 11.7. The molecule has 0 spiro atoms.